The van der Waals surface area contributed by atoms with Gasteiger partial charge in [-0.15, -0.1) is 0 Å². The normalized spacial score (nSPS) is 12.4. The molecule has 11 heteroatoms. The lowest BCUT2D eigenvalue weighted by Crippen LogP contribution is -2.50. The summed E-state index contributed by atoms with van der Waals surface area (Å²) in [7, 11) is 1.55. The van der Waals surface area contributed by atoms with Crippen molar-refractivity contribution in [3.8, 4) is 17.2 Å². The minimum absolute atomic E-state index is 0.241. The van der Waals surface area contributed by atoms with E-state index in [1.54, 1.807) is 38.3 Å². The van der Waals surface area contributed by atoms with Gasteiger partial charge < -0.3 is 19.5 Å². The molecule has 0 radical (unpaired) electrons. The quantitative estimate of drug-likeness (QED) is 0.170. The first-order valence-electron chi connectivity index (χ1n) is 12.5. The van der Waals surface area contributed by atoms with Crippen LogP contribution in [0.2, 0.25) is 10.0 Å². The fraction of sp³-hybridized carbons (Fsp3) is 0.276. The highest BCUT2D eigenvalue weighted by Crippen LogP contribution is 2.36. The monoisotopic (exact) mass is 649 g/mol. The van der Waals surface area contributed by atoms with Crippen molar-refractivity contribution in [3.63, 3.8) is 0 Å². The number of halogens is 3. The number of methoxy groups -OCH3 is 1. The largest absolute Gasteiger partial charge is 0.493 e. The number of ether oxygens (including phenoxy) is 3. The van der Waals surface area contributed by atoms with Gasteiger partial charge in [-0.05, 0) is 70.7 Å². The van der Waals surface area contributed by atoms with Crippen LogP contribution >= 0.6 is 39.1 Å². The summed E-state index contributed by atoms with van der Waals surface area (Å²) >= 11 is 15.6. The zero-order valence-corrected chi connectivity index (χ0v) is 25.3. The molecule has 0 aliphatic rings. The minimum Gasteiger partial charge on any atom is -0.493 e. The van der Waals surface area contributed by atoms with Crippen LogP contribution in [-0.4, -0.2) is 43.9 Å². The van der Waals surface area contributed by atoms with Crippen molar-refractivity contribution in [1.82, 2.24) is 10.7 Å². The summed E-state index contributed by atoms with van der Waals surface area (Å²) in [6.07, 6.45) is 1.63. The molecule has 3 rings (SSSR count). The Morgan fingerprint density at radius 3 is 2.48 bits per heavy atom. The molecule has 2 amide bonds. The zero-order valence-electron chi connectivity index (χ0n) is 22.2. The van der Waals surface area contributed by atoms with E-state index in [1.165, 1.54) is 12.3 Å². The third-order valence-electron chi connectivity index (χ3n) is 5.57. The average Bonchev–Trinajstić information content (AvgIpc) is 2.93. The van der Waals surface area contributed by atoms with Crippen LogP contribution in [0.15, 0.2) is 70.2 Å². The molecule has 0 spiro atoms. The first-order chi connectivity index (χ1) is 19.2. The maximum atomic E-state index is 13.1. The Balaban J connectivity index is 1.71. The van der Waals surface area contributed by atoms with E-state index in [9.17, 15) is 9.59 Å². The molecule has 0 aliphatic carbocycles. The molecule has 3 aromatic rings. The zero-order chi connectivity index (χ0) is 29.1. The highest BCUT2D eigenvalue weighted by molar-refractivity contribution is 9.10. The van der Waals surface area contributed by atoms with Gasteiger partial charge in [0.2, 0.25) is 0 Å². The van der Waals surface area contributed by atoms with Crippen molar-refractivity contribution in [3.05, 3.63) is 86.3 Å². The molecule has 0 bridgehead atoms. The molecular formula is C29H30BrCl2N3O5. The Bertz CT molecular complexity index is 1340. The van der Waals surface area contributed by atoms with Gasteiger partial charge in [-0.1, -0.05) is 60.5 Å². The van der Waals surface area contributed by atoms with Gasteiger partial charge in [-0.3, -0.25) is 9.59 Å². The molecule has 0 saturated carbocycles. The number of benzene rings is 3. The topological polar surface area (TPSA) is 98.2 Å². The molecule has 8 nitrogen and oxygen atoms in total. The molecule has 0 aromatic heterocycles. The predicted molar refractivity (Wildman–Crippen MR) is 161 cm³/mol. The van der Waals surface area contributed by atoms with E-state index in [4.69, 9.17) is 37.4 Å². The number of nitrogens with one attached hydrogen (secondary N) is 2. The van der Waals surface area contributed by atoms with E-state index in [0.29, 0.717) is 38.9 Å². The van der Waals surface area contributed by atoms with Gasteiger partial charge in [-0.25, -0.2) is 5.43 Å². The van der Waals surface area contributed by atoms with Gasteiger partial charge in [0, 0.05) is 11.4 Å². The molecule has 0 unspecified atom stereocenters. The number of rotatable bonds is 13. The number of carbonyl (C=O) groups excluding carboxylic acids is 2. The summed E-state index contributed by atoms with van der Waals surface area (Å²) in [6.45, 7) is 4.12. The first-order valence-corrected chi connectivity index (χ1v) is 14.1. The fourth-order valence-corrected chi connectivity index (χ4v) is 4.60. The molecule has 0 aliphatic heterocycles. The van der Waals surface area contributed by atoms with Gasteiger partial charge in [0.1, 0.15) is 11.8 Å². The summed E-state index contributed by atoms with van der Waals surface area (Å²) < 4.78 is 17.6. The van der Waals surface area contributed by atoms with E-state index in [-0.39, 0.29) is 11.4 Å². The molecule has 40 heavy (non-hydrogen) atoms. The maximum Gasteiger partial charge on any atom is 0.262 e. The summed E-state index contributed by atoms with van der Waals surface area (Å²) in [4.78, 5) is 26.1. The van der Waals surface area contributed by atoms with Gasteiger partial charge >= 0.3 is 0 Å². The van der Waals surface area contributed by atoms with Gasteiger partial charge in [-0.2, -0.15) is 5.10 Å². The van der Waals surface area contributed by atoms with E-state index >= 15 is 0 Å². The second kappa shape index (κ2) is 15.5. The molecule has 0 heterocycles. The van der Waals surface area contributed by atoms with Crippen LogP contribution in [0.5, 0.6) is 17.2 Å². The Labute approximate surface area is 252 Å². The Kier molecular flexibility index (Phi) is 12.1. The summed E-state index contributed by atoms with van der Waals surface area (Å²) in [5, 5.41) is 7.57. The molecule has 0 fully saturated rings. The average molecular weight is 651 g/mol. The molecule has 2 atom stereocenters. The second-order valence-corrected chi connectivity index (χ2v) is 10.4. The van der Waals surface area contributed by atoms with Crippen molar-refractivity contribution >= 4 is 57.2 Å². The summed E-state index contributed by atoms with van der Waals surface area (Å²) in [6, 6.07) is 16.7. The maximum absolute atomic E-state index is 13.1. The SMILES string of the molecule is CCCOc1c(Br)cc(/C=N\NC(=O)[C@@H](Cc2ccccc2)NC(=O)[C@@H](C)Oc2ccc(Cl)cc2Cl)cc1OC. The number of amides is 2. The lowest BCUT2D eigenvalue weighted by molar-refractivity contribution is -0.132. The van der Waals surface area contributed by atoms with Crippen molar-refractivity contribution in [2.75, 3.05) is 13.7 Å². The van der Waals surface area contributed by atoms with Crippen LogP contribution < -0.4 is 25.0 Å². The van der Waals surface area contributed by atoms with Crippen LogP contribution in [0.1, 0.15) is 31.4 Å². The van der Waals surface area contributed by atoms with Gasteiger partial charge in [0.25, 0.3) is 11.8 Å². The third-order valence-corrected chi connectivity index (χ3v) is 6.69. The third kappa shape index (κ3) is 9.15. The minimum atomic E-state index is -0.938. The van der Waals surface area contributed by atoms with Crippen molar-refractivity contribution in [2.24, 2.45) is 5.10 Å². The van der Waals surface area contributed by atoms with Crippen LogP contribution in [0.3, 0.4) is 0 Å². The van der Waals surface area contributed by atoms with E-state index < -0.39 is 24.0 Å². The Hall–Kier alpha value is -3.27. The van der Waals surface area contributed by atoms with Crippen LogP contribution in [0.25, 0.3) is 0 Å². The van der Waals surface area contributed by atoms with Crippen molar-refractivity contribution in [1.29, 1.82) is 0 Å². The second-order valence-electron chi connectivity index (χ2n) is 8.70. The number of carbonyl (C=O) groups is 2. The highest BCUT2D eigenvalue weighted by Gasteiger charge is 2.25. The molecule has 3 aromatic carbocycles. The molecular weight excluding hydrogens is 621 g/mol. The Morgan fingerprint density at radius 1 is 1.05 bits per heavy atom. The number of hydrogen-bond donors (Lipinski definition) is 2. The van der Waals surface area contributed by atoms with Gasteiger partial charge in [0.05, 0.1) is 29.4 Å². The summed E-state index contributed by atoms with van der Waals surface area (Å²) in [5.41, 5.74) is 4.04. The molecule has 212 valence electrons. The first kappa shape index (κ1) is 31.3. The smallest absolute Gasteiger partial charge is 0.262 e. The van der Waals surface area contributed by atoms with E-state index in [1.807, 2.05) is 37.3 Å². The molecule has 0 saturated heterocycles. The van der Waals surface area contributed by atoms with Crippen LogP contribution in [0.4, 0.5) is 0 Å². The van der Waals surface area contributed by atoms with Crippen molar-refractivity contribution < 1.29 is 23.8 Å². The van der Waals surface area contributed by atoms with Crippen LogP contribution in [-0.2, 0) is 16.0 Å². The lowest BCUT2D eigenvalue weighted by atomic mass is 10.1. The van der Waals surface area contributed by atoms with Gasteiger partial charge in [0.15, 0.2) is 17.6 Å². The molecule has 2 N–H and O–H groups in total. The number of nitrogens with zero attached hydrogens (tertiary/aromatic N) is 1. The standard InChI is InChI=1S/C29H30BrCl2N3O5/c1-4-12-39-27-22(30)13-20(15-26(27)38-3)17-33-35-29(37)24(14-19-8-6-5-7-9-19)34-28(36)18(2)40-25-11-10-21(31)16-23(25)32/h5-11,13,15-18,24H,4,12,14H2,1-3H3,(H,34,36)(H,35,37)/b33-17-/t18-,24-/m1/s1. The lowest BCUT2D eigenvalue weighted by Gasteiger charge is -2.21. The van der Waals surface area contributed by atoms with E-state index in [0.717, 1.165) is 12.0 Å². The fourth-order valence-electron chi connectivity index (χ4n) is 3.57. The Morgan fingerprint density at radius 2 is 1.80 bits per heavy atom. The van der Waals surface area contributed by atoms with Crippen molar-refractivity contribution in [2.45, 2.75) is 38.8 Å². The summed E-state index contributed by atoms with van der Waals surface area (Å²) in [5.74, 6) is 0.420. The van der Waals surface area contributed by atoms with E-state index in [2.05, 4.69) is 31.8 Å². The predicted octanol–water partition coefficient (Wildman–Crippen LogP) is 6.20. The number of hydrogen-bond acceptors (Lipinski definition) is 6. The highest BCUT2D eigenvalue weighted by atomic mass is 79.9. The van der Waals surface area contributed by atoms with Crippen LogP contribution in [0, 0.1) is 0 Å². The number of hydrazone groups is 1.